The maximum atomic E-state index is 11.8. The molecule has 1 aromatic carbocycles. The summed E-state index contributed by atoms with van der Waals surface area (Å²) in [6, 6.07) is 9.03. The highest BCUT2D eigenvalue weighted by Gasteiger charge is 2.21. The number of para-hydroxylation sites is 2. The van der Waals surface area contributed by atoms with Crippen LogP contribution < -0.4 is 14.8 Å². The molecule has 6 heteroatoms. The molecule has 2 heterocycles. The molecule has 0 bridgehead atoms. The number of carbonyl (C=O) groups is 1. The van der Waals surface area contributed by atoms with Crippen LogP contribution >= 0.6 is 11.6 Å². The molecule has 104 valence electrons. The fourth-order valence-electron chi connectivity index (χ4n) is 1.96. The molecule has 20 heavy (non-hydrogen) atoms. The van der Waals surface area contributed by atoms with Gasteiger partial charge in [0, 0.05) is 6.20 Å². The number of nitrogens with one attached hydrogen (secondary N) is 2. The van der Waals surface area contributed by atoms with Crippen molar-refractivity contribution < 1.29 is 14.3 Å². The van der Waals surface area contributed by atoms with E-state index >= 15 is 0 Å². The van der Waals surface area contributed by atoms with Crippen LogP contribution in [-0.2, 0) is 0 Å². The van der Waals surface area contributed by atoms with E-state index in [1.165, 1.54) is 0 Å². The summed E-state index contributed by atoms with van der Waals surface area (Å²) < 4.78 is 11.3. The van der Waals surface area contributed by atoms with Crippen molar-refractivity contribution in [2.45, 2.75) is 6.10 Å². The molecule has 0 aliphatic carbocycles. The van der Waals surface area contributed by atoms with Crippen molar-refractivity contribution in [1.82, 2.24) is 10.3 Å². The first-order chi connectivity index (χ1) is 9.72. The van der Waals surface area contributed by atoms with Gasteiger partial charge in [0.25, 0.3) is 5.91 Å². The smallest absolute Gasteiger partial charge is 0.267 e. The minimum Gasteiger partial charge on any atom is -0.486 e. The second-order valence-electron chi connectivity index (χ2n) is 4.44. The molecule has 0 unspecified atom stereocenters. The van der Waals surface area contributed by atoms with Crippen LogP contribution in [-0.4, -0.2) is 30.1 Å². The van der Waals surface area contributed by atoms with Gasteiger partial charge in [-0.2, -0.15) is 0 Å². The third kappa shape index (κ3) is 2.72. The second kappa shape index (κ2) is 5.46. The Morgan fingerprint density at radius 2 is 2.20 bits per heavy atom. The van der Waals surface area contributed by atoms with Crippen LogP contribution in [0.3, 0.4) is 0 Å². The van der Waals surface area contributed by atoms with Crippen molar-refractivity contribution in [3.05, 3.63) is 47.2 Å². The first-order valence-corrected chi connectivity index (χ1v) is 6.61. The second-order valence-corrected chi connectivity index (χ2v) is 4.88. The van der Waals surface area contributed by atoms with E-state index in [9.17, 15) is 4.79 Å². The van der Waals surface area contributed by atoms with Gasteiger partial charge in [0.05, 0.1) is 11.6 Å². The lowest BCUT2D eigenvalue weighted by Gasteiger charge is -2.26. The van der Waals surface area contributed by atoms with E-state index in [4.69, 9.17) is 21.1 Å². The molecular weight excluding hydrogens is 280 g/mol. The lowest BCUT2D eigenvalue weighted by molar-refractivity contribution is 0.0787. The van der Waals surface area contributed by atoms with Crippen LogP contribution in [0.5, 0.6) is 11.5 Å². The third-order valence-electron chi connectivity index (χ3n) is 2.95. The van der Waals surface area contributed by atoms with E-state index in [0.717, 1.165) is 5.75 Å². The number of amides is 1. The lowest BCUT2D eigenvalue weighted by Crippen LogP contribution is -2.40. The predicted molar refractivity (Wildman–Crippen MR) is 74.5 cm³/mol. The normalized spacial score (nSPS) is 16.8. The molecule has 1 amide bonds. The van der Waals surface area contributed by atoms with Crippen molar-refractivity contribution in [3.63, 3.8) is 0 Å². The van der Waals surface area contributed by atoms with Crippen LogP contribution in [0, 0.1) is 0 Å². The Morgan fingerprint density at radius 3 is 2.95 bits per heavy atom. The average Bonchev–Trinajstić information content (AvgIpc) is 2.91. The number of H-pyrrole nitrogens is 1. The van der Waals surface area contributed by atoms with Crippen molar-refractivity contribution in [3.8, 4) is 11.5 Å². The molecule has 0 spiro atoms. The molecule has 1 aliphatic rings. The van der Waals surface area contributed by atoms with Crippen LogP contribution in [0.2, 0.25) is 5.02 Å². The quantitative estimate of drug-likeness (QED) is 0.912. The summed E-state index contributed by atoms with van der Waals surface area (Å²) >= 11 is 5.75. The number of aromatic nitrogens is 1. The maximum absolute atomic E-state index is 11.8. The molecule has 0 saturated heterocycles. The highest BCUT2D eigenvalue weighted by molar-refractivity contribution is 6.30. The van der Waals surface area contributed by atoms with E-state index in [1.54, 1.807) is 12.3 Å². The SMILES string of the molecule is O=C(NC[C@H]1COc2ccccc2O1)c1cc(Cl)c[nH]1. The Kier molecular flexibility index (Phi) is 3.52. The van der Waals surface area contributed by atoms with Crippen LogP contribution in [0.25, 0.3) is 0 Å². The Hall–Kier alpha value is -2.14. The predicted octanol–water partition coefficient (Wildman–Crippen LogP) is 2.24. The van der Waals surface area contributed by atoms with Gasteiger partial charge in [0.15, 0.2) is 11.5 Å². The molecule has 1 aromatic heterocycles. The van der Waals surface area contributed by atoms with Gasteiger partial charge in [-0.15, -0.1) is 0 Å². The summed E-state index contributed by atoms with van der Waals surface area (Å²) in [7, 11) is 0. The molecule has 3 rings (SSSR count). The van der Waals surface area contributed by atoms with Gasteiger partial charge in [-0.05, 0) is 18.2 Å². The molecule has 0 radical (unpaired) electrons. The van der Waals surface area contributed by atoms with Gasteiger partial charge in [-0.25, -0.2) is 0 Å². The van der Waals surface area contributed by atoms with Crippen molar-refractivity contribution in [2.24, 2.45) is 0 Å². The number of ether oxygens (including phenoxy) is 2. The molecule has 1 aliphatic heterocycles. The number of aromatic amines is 1. The Morgan fingerprint density at radius 1 is 1.40 bits per heavy atom. The summed E-state index contributed by atoms with van der Waals surface area (Å²) in [6.07, 6.45) is 1.35. The average molecular weight is 293 g/mol. The number of carbonyl (C=O) groups excluding carboxylic acids is 1. The molecular formula is C14H13ClN2O3. The van der Waals surface area contributed by atoms with E-state index < -0.39 is 0 Å². The number of rotatable bonds is 3. The van der Waals surface area contributed by atoms with Crippen molar-refractivity contribution >= 4 is 17.5 Å². The lowest BCUT2D eigenvalue weighted by atomic mass is 10.2. The molecule has 0 saturated carbocycles. The van der Waals surface area contributed by atoms with Gasteiger partial charge in [0.2, 0.25) is 0 Å². The number of benzene rings is 1. The summed E-state index contributed by atoms with van der Waals surface area (Å²) in [6.45, 7) is 0.770. The molecule has 5 nitrogen and oxygen atoms in total. The first-order valence-electron chi connectivity index (χ1n) is 6.23. The first kappa shape index (κ1) is 12.9. The van der Waals surface area contributed by atoms with Gasteiger partial charge in [-0.3, -0.25) is 4.79 Å². The van der Waals surface area contributed by atoms with Crippen LogP contribution in [0.1, 0.15) is 10.5 Å². The number of hydrogen-bond acceptors (Lipinski definition) is 3. The Balaban J connectivity index is 1.56. The zero-order chi connectivity index (χ0) is 13.9. The highest BCUT2D eigenvalue weighted by Crippen LogP contribution is 2.30. The standard InChI is InChI=1S/C14H13ClN2O3/c15-9-5-11(16-6-9)14(18)17-7-10-8-19-12-3-1-2-4-13(12)20-10/h1-6,10,16H,7-8H2,(H,17,18)/t10-/m0/s1. The number of fused-ring (bicyclic) bond motifs is 1. The van der Waals surface area contributed by atoms with Gasteiger partial charge in [-0.1, -0.05) is 23.7 Å². The van der Waals surface area contributed by atoms with Crippen molar-refractivity contribution in [2.75, 3.05) is 13.2 Å². The van der Waals surface area contributed by atoms with E-state index in [0.29, 0.717) is 29.6 Å². The van der Waals surface area contributed by atoms with Crippen LogP contribution in [0.15, 0.2) is 36.5 Å². The summed E-state index contributed by atoms with van der Waals surface area (Å²) in [5.74, 6) is 1.20. The number of halogens is 1. The monoisotopic (exact) mass is 292 g/mol. The highest BCUT2D eigenvalue weighted by atomic mass is 35.5. The Labute approximate surface area is 120 Å². The zero-order valence-electron chi connectivity index (χ0n) is 10.6. The van der Waals surface area contributed by atoms with Gasteiger partial charge >= 0.3 is 0 Å². The van der Waals surface area contributed by atoms with Gasteiger partial charge in [0.1, 0.15) is 18.4 Å². The van der Waals surface area contributed by atoms with Gasteiger partial charge < -0.3 is 19.8 Å². The minimum atomic E-state index is -0.223. The summed E-state index contributed by atoms with van der Waals surface area (Å²) in [5.41, 5.74) is 0.423. The minimum absolute atomic E-state index is 0.209. The van der Waals surface area contributed by atoms with Crippen molar-refractivity contribution in [1.29, 1.82) is 0 Å². The fourth-order valence-corrected chi connectivity index (χ4v) is 2.13. The zero-order valence-corrected chi connectivity index (χ0v) is 11.3. The molecule has 0 fully saturated rings. The molecule has 2 aromatic rings. The maximum Gasteiger partial charge on any atom is 0.267 e. The van der Waals surface area contributed by atoms with E-state index in [-0.39, 0.29) is 12.0 Å². The van der Waals surface area contributed by atoms with E-state index in [2.05, 4.69) is 10.3 Å². The fraction of sp³-hybridized carbons (Fsp3) is 0.214. The largest absolute Gasteiger partial charge is 0.486 e. The third-order valence-corrected chi connectivity index (χ3v) is 3.17. The topological polar surface area (TPSA) is 63.4 Å². The summed E-state index contributed by atoms with van der Waals surface area (Å²) in [4.78, 5) is 14.6. The Bertz CT molecular complexity index is 626. The van der Waals surface area contributed by atoms with Crippen LogP contribution in [0.4, 0.5) is 0 Å². The number of hydrogen-bond donors (Lipinski definition) is 2. The molecule has 1 atom stereocenters. The molecule has 2 N–H and O–H groups in total. The van der Waals surface area contributed by atoms with E-state index in [1.807, 2.05) is 24.3 Å². The summed E-state index contributed by atoms with van der Waals surface area (Å²) in [5, 5.41) is 3.28.